The maximum Gasteiger partial charge on any atom is 0.330 e. The Labute approximate surface area is 150 Å². The molecule has 0 saturated heterocycles. The molecule has 0 atom stereocenters. The normalized spacial score (nSPS) is 13.5. The smallest absolute Gasteiger partial charge is 0.307 e. The molecule has 0 aliphatic heterocycles. The quantitative estimate of drug-likeness (QED) is 0.451. The molecule has 0 aliphatic carbocycles. The largest absolute Gasteiger partial charge is 0.330 e. The van der Waals surface area contributed by atoms with E-state index in [0.717, 1.165) is 13.1 Å². The van der Waals surface area contributed by atoms with Crippen molar-refractivity contribution in [2.45, 2.75) is 86.5 Å². The van der Waals surface area contributed by atoms with Gasteiger partial charge in [0.25, 0.3) is 0 Å². The molecule has 0 saturated carbocycles. The van der Waals surface area contributed by atoms with Crippen LogP contribution in [0.15, 0.2) is 0 Å². The number of nitrogens with zero attached hydrogens (tertiary/aromatic N) is 2. The Bertz CT molecular complexity index is 327. The van der Waals surface area contributed by atoms with Gasteiger partial charge in [-0.3, -0.25) is 14.4 Å². The van der Waals surface area contributed by atoms with E-state index in [1.807, 2.05) is 6.92 Å². The SMILES string of the molecule is CCP(=O)(OCCN(C(C)C)C(C)C)OCCN(C(C)C)C(C)C. The highest BCUT2D eigenvalue weighted by molar-refractivity contribution is 7.53. The second-order valence-corrected chi connectivity index (χ2v) is 9.81. The van der Waals surface area contributed by atoms with E-state index in [1.54, 1.807) is 0 Å². The molecule has 0 aliphatic rings. The summed E-state index contributed by atoms with van der Waals surface area (Å²) < 4.78 is 24.1. The minimum absolute atomic E-state index is 0.416. The van der Waals surface area contributed by atoms with Crippen molar-refractivity contribution in [3.8, 4) is 0 Å². The molecule has 0 N–H and O–H groups in total. The predicted molar refractivity (Wildman–Crippen MR) is 104 cm³/mol. The van der Waals surface area contributed by atoms with Gasteiger partial charge in [0.1, 0.15) is 0 Å². The van der Waals surface area contributed by atoms with Gasteiger partial charge in [-0.15, -0.1) is 0 Å². The van der Waals surface area contributed by atoms with E-state index >= 15 is 0 Å². The van der Waals surface area contributed by atoms with Crippen LogP contribution in [0.2, 0.25) is 0 Å². The van der Waals surface area contributed by atoms with Gasteiger partial charge in [0.15, 0.2) is 0 Å². The highest BCUT2D eigenvalue weighted by Crippen LogP contribution is 2.47. The van der Waals surface area contributed by atoms with Gasteiger partial charge in [-0.25, -0.2) is 0 Å². The van der Waals surface area contributed by atoms with Gasteiger partial charge in [-0.05, 0) is 55.4 Å². The topological polar surface area (TPSA) is 42.0 Å². The molecule has 0 rings (SSSR count). The molecule has 146 valence electrons. The molecule has 0 aromatic rings. The molecule has 0 radical (unpaired) electrons. The summed E-state index contributed by atoms with van der Waals surface area (Å²) >= 11 is 0. The van der Waals surface area contributed by atoms with Crippen molar-refractivity contribution in [1.29, 1.82) is 0 Å². The summed E-state index contributed by atoms with van der Waals surface area (Å²) in [6.45, 7) is 21.6. The Kier molecular flexibility index (Phi) is 11.7. The highest BCUT2D eigenvalue weighted by Gasteiger charge is 2.24. The van der Waals surface area contributed by atoms with E-state index in [4.69, 9.17) is 9.05 Å². The van der Waals surface area contributed by atoms with Crippen molar-refractivity contribution in [2.75, 3.05) is 32.5 Å². The van der Waals surface area contributed by atoms with Gasteiger partial charge in [0, 0.05) is 43.4 Å². The van der Waals surface area contributed by atoms with Crippen LogP contribution in [-0.4, -0.2) is 66.4 Å². The third-order valence-corrected chi connectivity index (χ3v) is 6.24. The second kappa shape index (κ2) is 11.6. The van der Waals surface area contributed by atoms with E-state index < -0.39 is 7.60 Å². The molecule has 0 heterocycles. The zero-order valence-corrected chi connectivity index (χ0v) is 18.3. The molecule has 0 aromatic carbocycles. The van der Waals surface area contributed by atoms with Crippen LogP contribution < -0.4 is 0 Å². The standard InChI is InChI=1S/C18H41N2O3P/c1-10-24(21,22-13-11-19(15(2)3)16(4)5)23-14-12-20(17(6)7)18(8)9/h15-18H,10-14H2,1-9H3. The molecule has 0 spiro atoms. The lowest BCUT2D eigenvalue weighted by molar-refractivity contribution is 0.112. The molecule has 6 heteroatoms. The highest BCUT2D eigenvalue weighted by atomic mass is 31.2. The fraction of sp³-hybridized carbons (Fsp3) is 1.00. The predicted octanol–water partition coefficient (Wildman–Crippen LogP) is 4.47. The molecule has 0 fully saturated rings. The minimum Gasteiger partial charge on any atom is -0.307 e. The minimum atomic E-state index is -2.99. The van der Waals surface area contributed by atoms with E-state index in [9.17, 15) is 4.57 Å². The summed E-state index contributed by atoms with van der Waals surface area (Å²) in [4.78, 5) is 4.67. The molecule has 5 nitrogen and oxygen atoms in total. The van der Waals surface area contributed by atoms with E-state index in [1.165, 1.54) is 0 Å². The fourth-order valence-corrected chi connectivity index (χ4v) is 4.18. The third kappa shape index (κ3) is 8.96. The zero-order valence-electron chi connectivity index (χ0n) is 17.4. The van der Waals surface area contributed by atoms with Gasteiger partial charge in [-0.1, -0.05) is 6.92 Å². The molecule has 0 amide bonds. The molecule has 0 bridgehead atoms. The monoisotopic (exact) mass is 364 g/mol. The lowest BCUT2D eigenvalue weighted by Gasteiger charge is -2.32. The van der Waals surface area contributed by atoms with Crippen LogP contribution in [0.4, 0.5) is 0 Å². The third-order valence-electron chi connectivity index (χ3n) is 4.32. The van der Waals surface area contributed by atoms with Gasteiger partial charge < -0.3 is 9.05 Å². The Morgan fingerprint density at radius 1 is 0.708 bits per heavy atom. The summed E-state index contributed by atoms with van der Waals surface area (Å²) in [5.74, 6) is 0. The lowest BCUT2D eigenvalue weighted by atomic mass is 10.2. The van der Waals surface area contributed by atoms with Crippen LogP contribution in [0.1, 0.15) is 62.3 Å². The molecule has 24 heavy (non-hydrogen) atoms. The Balaban J connectivity index is 4.41. The second-order valence-electron chi connectivity index (χ2n) is 7.44. The molecule has 0 aromatic heterocycles. The first-order chi connectivity index (χ1) is 11.0. The first-order valence-corrected chi connectivity index (χ1v) is 11.2. The van der Waals surface area contributed by atoms with Gasteiger partial charge >= 0.3 is 7.60 Å². The van der Waals surface area contributed by atoms with Crippen molar-refractivity contribution in [2.24, 2.45) is 0 Å². The van der Waals surface area contributed by atoms with Gasteiger partial charge in [0.05, 0.1) is 13.2 Å². The number of hydrogen-bond donors (Lipinski definition) is 0. The van der Waals surface area contributed by atoms with Crippen molar-refractivity contribution >= 4 is 7.60 Å². The van der Waals surface area contributed by atoms with Crippen LogP contribution in [0.5, 0.6) is 0 Å². The zero-order chi connectivity index (χ0) is 18.9. The molecule has 0 unspecified atom stereocenters. The first kappa shape index (κ1) is 24.1. The van der Waals surface area contributed by atoms with Crippen molar-refractivity contribution in [3.63, 3.8) is 0 Å². The van der Waals surface area contributed by atoms with Gasteiger partial charge in [0.2, 0.25) is 0 Å². The Hall–Kier alpha value is 0.0700. The summed E-state index contributed by atoms with van der Waals surface area (Å²) in [7, 11) is -2.99. The lowest BCUT2D eigenvalue weighted by Crippen LogP contribution is -2.39. The van der Waals surface area contributed by atoms with Crippen LogP contribution >= 0.6 is 7.60 Å². The maximum atomic E-state index is 12.7. The summed E-state index contributed by atoms with van der Waals surface area (Å²) in [5, 5.41) is 0. The van der Waals surface area contributed by atoms with Crippen LogP contribution in [0, 0.1) is 0 Å². The average Bonchev–Trinajstić information content (AvgIpc) is 2.46. The van der Waals surface area contributed by atoms with Crippen LogP contribution in [-0.2, 0) is 13.6 Å². The maximum absolute atomic E-state index is 12.7. The summed E-state index contributed by atoms with van der Waals surface area (Å²) in [6.07, 6.45) is 0.416. The first-order valence-electron chi connectivity index (χ1n) is 9.43. The Morgan fingerprint density at radius 2 is 1.00 bits per heavy atom. The van der Waals surface area contributed by atoms with Crippen LogP contribution in [0.3, 0.4) is 0 Å². The summed E-state index contributed by atoms with van der Waals surface area (Å²) in [5.41, 5.74) is 0. The fourth-order valence-electron chi connectivity index (χ4n) is 3.02. The number of rotatable bonds is 13. The van der Waals surface area contributed by atoms with Crippen LogP contribution in [0.25, 0.3) is 0 Å². The number of hydrogen-bond acceptors (Lipinski definition) is 5. The van der Waals surface area contributed by atoms with Crippen molar-refractivity contribution in [3.05, 3.63) is 0 Å². The van der Waals surface area contributed by atoms with Crippen molar-refractivity contribution < 1.29 is 13.6 Å². The van der Waals surface area contributed by atoms with Gasteiger partial charge in [-0.2, -0.15) is 0 Å². The average molecular weight is 365 g/mol. The van der Waals surface area contributed by atoms with E-state index in [-0.39, 0.29) is 0 Å². The molecular weight excluding hydrogens is 323 g/mol. The summed E-state index contributed by atoms with van der Waals surface area (Å²) in [6, 6.07) is 1.78. The Morgan fingerprint density at radius 3 is 1.21 bits per heavy atom. The van der Waals surface area contributed by atoms with E-state index in [2.05, 4.69) is 65.2 Å². The molecular formula is C18H41N2O3P. The van der Waals surface area contributed by atoms with E-state index in [0.29, 0.717) is 43.5 Å². The van der Waals surface area contributed by atoms with Crippen molar-refractivity contribution in [1.82, 2.24) is 9.80 Å².